The van der Waals surface area contributed by atoms with E-state index in [1.807, 2.05) is 0 Å². The second kappa shape index (κ2) is 6.66. The van der Waals surface area contributed by atoms with Gasteiger partial charge in [0.25, 0.3) is 5.91 Å². The molecule has 1 aromatic carbocycles. The number of carbonyl (C=O) groups excluding carboxylic acids is 1. The molecule has 0 aromatic heterocycles. The Kier molecular flexibility index (Phi) is 5.32. The molecule has 2 rings (SSSR count). The van der Waals surface area contributed by atoms with Gasteiger partial charge in [0.1, 0.15) is 0 Å². The van der Waals surface area contributed by atoms with Crippen LogP contribution in [0.1, 0.15) is 15.9 Å². The lowest BCUT2D eigenvalue weighted by atomic mass is 10.0. The number of amides is 1. The van der Waals surface area contributed by atoms with Crippen LogP contribution in [0.4, 0.5) is 13.2 Å². The summed E-state index contributed by atoms with van der Waals surface area (Å²) in [5, 5.41) is 0.455. The standard InChI is InChI=1S/C13H12Br2F3NO2/c14-6-9-7-21-4-3-19(9)12(20)10-2-1-8(15)5-11(10)13(16,17)18/h1-2,5,9H,3-4,6-7H2. The molecule has 1 saturated heterocycles. The van der Waals surface area contributed by atoms with Gasteiger partial charge in [-0.15, -0.1) is 0 Å². The van der Waals surface area contributed by atoms with Crippen molar-refractivity contribution in [2.75, 3.05) is 25.1 Å². The van der Waals surface area contributed by atoms with Crippen LogP contribution in [0.5, 0.6) is 0 Å². The average Bonchev–Trinajstić information content (AvgIpc) is 2.45. The molecule has 0 N–H and O–H groups in total. The van der Waals surface area contributed by atoms with Gasteiger partial charge in [-0.2, -0.15) is 13.2 Å². The normalized spacial score (nSPS) is 19.7. The number of rotatable bonds is 2. The summed E-state index contributed by atoms with van der Waals surface area (Å²) in [5.74, 6) is -0.623. The van der Waals surface area contributed by atoms with Crippen LogP contribution in [0.25, 0.3) is 0 Å². The highest BCUT2D eigenvalue weighted by molar-refractivity contribution is 9.10. The molecule has 1 fully saturated rings. The molecule has 21 heavy (non-hydrogen) atoms. The molecule has 116 valence electrons. The highest BCUT2D eigenvalue weighted by Gasteiger charge is 2.38. The Morgan fingerprint density at radius 2 is 2.14 bits per heavy atom. The fourth-order valence-electron chi connectivity index (χ4n) is 2.14. The van der Waals surface area contributed by atoms with E-state index in [4.69, 9.17) is 4.74 Å². The number of hydrogen-bond acceptors (Lipinski definition) is 2. The largest absolute Gasteiger partial charge is 0.417 e. The average molecular weight is 431 g/mol. The second-order valence-electron chi connectivity index (χ2n) is 4.57. The van der Waals surface area contributed by atoms with Crippen molar-refractivity contribution in [3.05, 3.63) is 33.8 Å². The predicted molar refractivity (Wildman–Crippen MR) is 78.6 cm³/mol. The number of benzene rings is 1. The maximum Gasteiger partial charge on any atom is 0.417 e. The molecule has 1 aliphatic rings. The molecule has 1 amide bonds. The Labute approximate surface area is 136 Å². The lowest BCUT2D eigenvalue weighted by molar-refractivity contribution is -0.138. The van der Waals surface area contributed by atoms with E-state index in [0.29, 0.717) is 18.5 Å². The lowest BCUT2D eigenvalue weighted by Gasteiger charge is -2.35. The van der Waals surface area contributed by atoms with Crippen LogP contribution >= 0.6 is 31.9 Å². The number of ether oxygens (including phenoxy) is 1. The molecule has 3 nitrogen and oxygen atoms in total. The van der Waals surface area contributed by atoms with Gasteiger partial charge in [0, 0.05) is 16.3 Å². The number of morpholine rings is 1. The van der Waals surface area contributed by atoms with Crippen LogP contribution < -0.4 is 0 Å². The minimum Gasteiger partial charge on any atom is -0.377 e. The zero-order chi connectivity index (χ0) is 15.6. The summed E-state index contributed by atoms with van der Waals surface area (Å²) >= 11 is 6.27. The number of nitrogens with zero attached hydrogens (tertiary/aromatic N) is 1. The van der Waals surface area contributed by atoms with Gasteiger partial charge in [-0.05, 0) is 18.2 Å². The fraction of sp³-hybridized carbons (Fsp3) is 0.462. The van der Waals surface area contributed by atoms with E-state index < -0.39 is 17.6 Å². The van der Waals surface area contributed by atoms with Gasteiger partial charge < -0.3 is 9.64 Å². The molecule has 0 spiro atoms. The van der Waals surface area contributed by atoms with Gasteiger partial charge in [0.15, 0.2) is 0 Å². The van der Waals surface area contributed by atoms with Crippen molar-refractivity contribution in [3.8, 4) is 0 Å². The van der Waals surface area contributed by atoms with Crippen molar-refractivity contribution in [1.29, 1.82) is 0 Å². The summed E-state index contributed by atoms with van der Waals surface area (Å²) in [6.07, 6.45) is -4.58. The van der Waals surface area contributed by atoms with Crippen LogP contribution in [0.2, 0.25) is 0 Å². The summed E-state index contributed by atoms with van der Waals surface area (Å²) in [6.45, 7) is 0.921. The van der Waals surface area contributed by atoms with Crippen molar-refractivity contribution in [1.82, 2.24) is 4.90 Å². The van der Waals surface area contributed by atoms with Gasteiger partial charge in [0.2, 0.25) is 0 Å². The summed E-state index contributed by atoms with van der Waals surface area (Å²) in [4.78, 5) is 13.9. The van der Waals surface area contributed by atoms with Crippen LogP contribution in [0.3, 0.4) is 0 Å². The van der Waals surface area contributed by atoms with E-state index in [2.05, 4.69) is 31.9 Å². The minimum atomic E-state index is -4.58. The topological polar surface area (TPSA) is 29.5 Å². The zero-order valence-corrected chi connectivity index (χ0v) is 14.0. The predicted octanol–water partition coefficient (Wildman–Crippen LogP) is 3.70. The number of halogens is 5. The van der Waals surface area contributed by atoms with E-state index in [0.717, 1.165) is 6.07 Å². The first kappa shape index (κ1) is 16.8. The molecule has 8 heteroatoms. The molecule has 1 heterocycles. The summed E-state index contributed by atoms with van der Waals surface area (Å²) in [6, 6.07) is 3.30. The van der Waals surface area contributed by atoms with Gasteiger partial charge in [-0.1, -0.05) is 31.9 Å². The van der Waals surface area contributed by atoms with E-state index in [-0.39, 0.29) is 22.6 Å². The smallest absolute Gasteiger partial charge is 0.377 e. The van der Waals surface area contributed by atoms with Crippen molar-refractivity contribution < 1.29 is 22.7 Å². The SMILES string of the molecule is O=C(c1ccc(Br)cc1C(F)(F)F)N1CCOCC1CBr. The lowest BCUT2D eigenvalue weighted by Crippen LogP contribution is -2.49. The number of hydrogen-bond donors (Lipinski definition) is 0. The van der Waals surface area contributed by atoms with Crippen LogP contribution in [0, 0.1) is 0 Å². The Balaban J connectivity index is 2.39. The monoisotopic (exact) mass is 429 g/mol. The third-order valence-electron chi connectivity index (χ3n) is 3.18. The van der Waals surface area contributed by atoms with E-state index >= 15 is 0 Å². The molecular formula is C13H12Br2F3NO2. The quantitative estimate of drug-likeness (QED) is 0.669. The van der Waals surface area contributed by atoms with Gasteiger partial charge in [0.05, 0.1) is 30.4 Å². The molecule has 0 bridgehead atoms. The van der Waals surface area contributed by atoms with Gasteiger partial charge >= 0.3 is 6.18 Å². The highest BCUT2D eigenvalue weighted by Crippen LogP contribution is 2.34. The van der Waals surface area contributed by atoms with E-state index in [1.54, 1.807) is 0 Å². The molecule has 0 radical (unpaired) electrons. The highest BCUT2D eigenvalue weighted by atomic mass is 79.9. The zero-order valence-electron chi connectivity index (χ0n) is 10.8. The number of carbonyl (C=O) groups is 1. The van der Waals surface area contributed by atoms with E-state index in [9.17, 15) is 18.0 Å². The summed E-state index contributed by atoms with van der Waals surface area (Å²) in [5.41, 5.74) is -1.26. The van der Waals surface area contributed by atoms with Gasteiger partial charge in [-0.3, -0.25) is 4.79 Å². The third-order valence-corrected chi connectivity index (χ3v) is 4.42. The van der Waals surface area contributed by atoms with Crippen LogP contribution in [-0.4, -0.2) is 41.9 Å². The molecule has 1 atom stereocenters. The molecule has 1 aliphatic heterocycles. The van der Waals surface area contributed by atoms with Crippen LogP contribution in [-0.2, 0) is 10.9 Å². The minimum absolute atomic E-state index is 0.268. The maximum absolute atomic E-state index is 13.1. The van der Waals surface area contributed by atoms with Crippen molar-refractivity contribution in [3.63, 3.8) is 0 Å². The molecule has 0 saturated carbocycles. The maximum atomic E-state index is 13.1. The van der Waals surface area contributed by atoms with Crippen molar-refractivity contribution >= 4 is 37.8 Å². The first-order valence-electron chi connectivity index (χ1n) is 6.16. The Bertz CT molecular complexity index is 537. The van der Waals surface area contributed by atoms with Crippen molar-refractivity contribution in [2.45, 2.75) is 12.2 Å². The second-order valence-corrected chi connectivity index (χ2v) is 6.13. The Morgan fingerprint density at radius 1 is 1.43 bits per heavy atom. The number of alkyl halides is 4. The van der Waals surface area contributed by atoms with Crippen LogP contribution in [0.15, 0.2) is 22.7 Å². The molecule has 1 aromatic rings. The molecular weight excluding hydrogens is 419 g/mol. The van der Waals surface area contributed by atoms with E-state index in [1.165, 1.54) is 17.0 Å². The third kappa shape index (κ3) is 3.78. The Hall–Kier alpha value is -0.600. The first-order chi connectivity index (χ1) is 9.84. The molecule has 0 aliphatic carbocycles. The van der Waals surface area contributed by atoms with Gasteiger partial charge in [-0.25, -0.2) is 0 Å². The summed E-state index contributed by atoms with van der Waals surface area (Å²) in [7, 11) is 0. The molecule has 1 unspecified atom stereocenters. The summed E-state index contributed by atoms with van der Waals surface area (Å²) < 4.78 is 44.9. The van der Waals surface area contributed by atoms with Crippen molar-refractivity contribution in [2.24, 2.45) is 0 Å². The first-order valence-corrected chi connectivity index (χ1v) is 8.07. The Morgan fingerprint density at radius 3 is 2.76 bits per heavy atom. The fourth-order valence-corrected chi connectivity index (χ4v) is 3.04.